The number of nitrogens with zero attached hydrogens (tertiary/aromatic N) is 1. The Morgan fingerprint density at radius 3 is 2.62 bits per heavy atom. The fourth-order valence-electron chi connectivity index (χ4n) is 3.54. The van der Waals surface area contributed by atoms with Crippen molar-refractivity contribution in [3.63, 3.8) is 0 Å². The van der Waals surface area contributed by atoms with Gasteiger partial charge in [-0.2, -0.15) is 0 Å². The van der Waals surface area contributed by atoms with Crippen molar-refractivity contribution in [3.8, 4) is 5.75 Å². The molecule has 2 aromatic rings. The summed E-state index contributed by atoms with van der Waals surface area (Å²) in [7, 11) is 1.72. The number of benzene rings is 2. The van der Waals surface area contributed by atoms with E-state index < -0.39 is 0 Å². The van der Waals surface area contributed by atoms with Gasteiger partial charge in [-0.3, -0.25) is 5.32 Å². The van der Waals surface area contributed by atoms with Gasteiger partial charge in [0.05, 0.1) is 12.2 Å². The average Bonchev–Trinajstić information content (AvgIpc) is 2.79. The highest BCUT2D eigenvalue weighted by Gasteiger charge is 2.23. The minimum absolute atomic E-state index is 0.0214. The Morgan fingerprint density at radius 2 is 2.00 bits per heavy atom. The first-order chi connectivity index (χ1) is 15.3. The summed E-state index contributed by atoms with van der Waals surface area (Å²) in [4.78, 5) is 3.49. The highest BCUT2D eigenvalue weighted by Crippen LogP contribution is 2.36. The van der Waals surface area contributed by atoms with E-state index in [1.54, 1.807) is 18.9 Å². The summed E-state index contributed by atoms with van der Waals surface area (Å²) >= 11 is 1.75. The van der Waals surface area contributed by atoms with Crippen LogP contribution >= 0.6 is 11.8 Å². The molecular weight excluding hydrogens is 420 g/mol. The number of nitrogens with one attached hydrogen (secondary N) is 2. The molecule has 174 valence electrons. The summed E-state index contributed by atoms with van der Waals surface area (Å²) in [5, 5.41) is 6.91. The number of rotatable bonds is 9. The summed E-state index contributed by atoms with van der Waals surface area (Å²) in [5.41, 5.74) is 10.4. The zero-order valence-electron chi connectivity index (χ0n) is 19.8. The second-order valence-corrected chi connectivity index (χ2v) is 9.69. The van der Waals surface area contributed by atoms with Crippen LogP contribution in [0.3, 0.4) is 0 Å². The Hall–Kier alpha value is -2.19. The molecule has 0 radical (unpaired) electrons. The molecule has 6 nitrogen and oxygen atoms in total. The molecule has 7 heteroatoms. The average molecular weight is 457 g/mol. The Morgan fingerprint density at radius 1 is 1.25 bits per heavy atom. The smallest absolute Gasteiger partial charge is 0.143 e. The van der Waals surface area contributed by atoms with E-state index in [4.69, 9.17) is 15.2 Å². The number of hydrogen-bond acceptors (Lipinski definition) is 7. The molecule has 0 spiro atoms. The van der Waals surface area contributed by atoms with E-state index in [0.717, 1.165) is 35.8 Å². The van der Waals surface area contributed by atoms with E-state index in [9.17, 15) is 0 Å². The molecule has 0 aromatic heterocycles. The van der Waals surface area contributed by atoms with Crippen LogP contribution in [-0.4, -0.2) is 38.6 Å². The van der Waals surface area contributed by atoms with Crippen molar-refractivity contribution in [2.45, 2.75) is 44.0 Å². The Balaban J connectivity index is 1.75. The van der Waals surface area contributed by atoms with Crippen LogP contribution in [-0.2, 0) is 11.3 Å². The van der Waals surface area contributed by atoms with E-state index in [0.29, 0.717) is 13.2 Å². The van der Waals surface area contributed by atoms with Crippen molar-refractivity contribution in [3.05, 3.63) is 65.5 Å². The predicted molar refractivity (Wildman–Crippen MR) is 134 cm³/mol. The molecule has 4 N–H and O–H groups in total. The van der Waals surface area contributed by atoms with Gasteiger partial charge in [-0.1, -0.05) is 18.2 Å². The molecule has 0 bridgehead atoms. The van der Waals surface area contributed by atoms with Gasteiger partial charge in [0.25, 0.3) is 0 Å². The monoisotopic (exact) mass is 456 g/mol. The molecule has 0 saturated carbocycles. The van der Waals surface area contributed by atoms with Gasteiger partial charge in [0.1, 0.15) is 18.6 Å². The number of anilines is 1. The number of fused-ring (bicyclic) bond motifs is 1. The first kappa shape index (κ1) is 24.5. The molecule has 2 aromatic carbocycles. The second-order valence-electron chi connectivity index (χ2n) is 8.81. The fraction of sp³-hybridized carbons (Fsp3) is 0.440. The lowest BCUT2D eigenvalue weighted by Crippen LogP contribution is -2.38. The highest BCUT2D eigenvalue weighted by atomic mass is 32.2. The maximum absolute atomic E-state index is 6.08. The van der Waals surface area contributed by atoms with Crippen LogP contribution in [0.5, 0.6) is 5.75 Å². The van der Waals surface area contributed by atoms with Crippen LogP contribution in [0.2, 0.25) is 0 Å². The SMILES string of the molecule is COC(NCc1ccc(SC)cc1)c1ccc2c(c1)OCCN2/C(=C/NC(C)(C)C)CN. The van der Waals surface area contributed by atoms with Crippen LogP contribution in [0, 0.1) is 0 Å². The Kier molecular flexibility index (Phi) is 8.48. The molecule has 0 aliphatic carbocycles. The zero-order chi connectivity index (χ0) is 23.1. The molecule has 1 aliphatic rings. The maximum Gasteiger partial charge on any atom is 0.143 e. The molecule has 0 fully saturated rings. The van der Waals surface area contributed by atoms with Crippen molar-refractivity contribution in [2.24, 2.45) is 5.73 Å². The van der Waals surface area contributed by atoms with Crippen LogP contribution < -0.4 is 26.0 Å². The minimum Gasteiger partial charge on any atom is -0.490 e. The van der Waals surface area contributed by atoms with Gasteiger partial charge in [0.2, 0.25) is 0 Å². The third-order valence-electron chi connectivity index (χ3n) is 5.26. The van der Waals surface area contributed by atoms with Gasteiger partial charge in [0.15, 0.2) is 0 Å². The van der Waals surface area contributed by atoms with E-state index in [-0.39, 0.29) is 11.8 Å². The summed E-state index contributed by atoms with van der Waals surface area (Å²) in [6, 6.07) is 14.8. The molecule has 1 unspecified atom stereocenters. The quantitative estimate of drug-likeness (QED) is 0.385. The summed E-state index contributed by atoms with van der Waals surface area (Å²) in [5.74, 6) is 0.844. The Bertz CT molecular complexity index is 909. The van der Waals surface area contributed by atoms with E-state index in [1.165, 1.54) is 10.5 Å². The molecule has 1 aliphatic heterocycles. The number of nitrogens with two attached hydrogens (primary N) is 1. The summed E-state index contributed by atoms with van der Waals surface area (Å²) < 4.78 is 11.7. The van der Waals surface area contributed by atoms with Crippen molar-refractivity contribution < 1.29 is 9.47 Å². The number of ether oxygens (including phenoxy) is 2. The Labute approximate surface area is 196 Å². The van der Waals surface area contributed by atoms with Gasteiger partial charge >= 0.3 is 0 Å². The molecule has 3 rings (SSSR count). The second kappa shape index (κ2) is 11.1. The first-order valence-electron chi connectivity index (χ1n) is 10.9. The van der Waals surface area contributed by atoms with Crippen LogP contribution in [0.25, 0.3) is 0 Å². The molecule has 1 atom stereocenters. The predicted octanol–water partition coefficient (Wildman–Crippen LogP) is 4.23. The third kappa shape index (κ3) is 6.42. The normalized spacial score (nSPS) is 15.2. The van der Waals surface area contributed by atoms with Crippen molar-refractivity contribution >= 4 is 17.4 Å². The van der Waals surface area contributed by atoms with Crippen molar-refractivity contribution in [1.29, 1.82) is 0 Å². The zero-order valence-corrected chi connectivity index (χ0v) is 20.6. The van der Waals surface area contributed by atoms with Crippen LogP contribution in [0.1, 0.15) is 38.1 Å². The topological polar surface area (TPSA) is 71.8 Å². The van der Waals surface area contributed by atoms with Gasteiger partial charge in [-0.15, -0.1) is 11.8 Å². The maximum atomic E-state index is 6.08. The molecule has 0 saturated heterocycles. The molecule has 1 heterocycles. The lowest BCUT2D eigenvalue weighted by molar-refractivity contribution is 0.0718. The first-order valence-corrected chi connectivity index (χ1v) is 12.2. The number of methoxy groups -OCH3 is 1. The fourth-order valence-corrected chi connectivity index (χ4v) is 3.94. The van der Waals surface area contributed by atoms with Crippen molar-refractivity contribution in [1.82, 2.24) is 10.6 Å². The van der Waals surface area contributed by atoms with Crippen LogP contribution in [0.4, 0.5) is 5.69 Å². The lowest BCUT2D eigenvalue weighted by atomic mass is 10.1. The van der Waals surface area contributed by atoms with Gasteiger partial charge in [-0.05, 0) is 62.4 Å². The number of hydrogen-bond donors (Lipinski definition) is 3. The van der Waals surface area contributed by atoms with Gasteiger partial charge in [-0.25, -0.2) is 0 Å². The highest BCUT2D eigenvalue weighted by molar-refractivity contribution is 7.98. The number of thioether (sulfide) groups is 1. The van der Waals surface area contributed by atoms with E-state index in [1.807, 2.05) is 6.20 Å². The largest absolute Gasteiger partial charge is 0.490 e. The van der Waals surface area contributed by atoms with E-state index >= 15 is 0 Å². The minimum atomic E-state index is -0.230. The van der Waals surface area contributed by atoms with Gasteiger partial charge in [0, 0.05) is 42.5 Å². The lowest BCUT2D eigenvalue weighted by Gasteiger charge is -2.34. The van der Waals surface area contributed by atoms with Crippen molar-refractivity contribution in [2.75, 3.05) is 38.0 Å². The molecular formula is C25H36N4O2S. The van der Waals surface area contributed by atoms with Gasteiger partial charge < -0.3 is 25.4 Å². The summed E-state index contributed by atoms with van der Waals surface area (Å²) in [6.45, 7) is 8.93. The molecule has 32 heavy (non-hydrogen) atoms. The third-order valence-corrected chi connectivity index (χ3v) is 6.01. The van der Waals surface area contributed by atoms with Crippen LogP contribution in [0.15, 0.2) is 59.3 Å². The summed E-state index contributed by atoms with van der Waals surface area (Å²) in [6.07, 6.45) is 3.87. The van der Waals surface area contributed by atoms with E-state index in [2.05, 4.69) is 85.0 Å². The molecule has 0 amide bonds. The standard InChI is InChI=1S/C25H36N4O2S/c1-25(2,3)28-17-20(15-26)29-12-13-31-23-14-19(8-11-22(23)29)24(30-4)27-16-18-6-9-21(32-5)10-7-18/h6-11,14,17,24,27-28H,12-13,15-16,26H2,1-5H3/b20-17+.